The molecule has 50 heavy (non-hydrogen) atoms. The number of ether oxygens (including phenoxy) is 5. The average molecular weight is 699 g/mol. The van der Waals surface area contributed by atoms with E-state index >= 15 is 0 Å². The summed E-state index contributed by atoms with van der Waals surface area (Å²) in [5.74, 6) is 1.48. The fraction of sp³-hybridized carbons (Fsp3) is 0.395. The Balaban J connectivity index is 1.03. The molecule has 3 aromatic carbocycles. The second-order valence-corrected chi connectivity index (χ2v) is 13.6. The van der Waals surface area contributed by atoms with E-state index in [2.05, 4.69) is 22.0 Å². The molecule has 0 aliphatic carbocycles. The van der Waals surface area contributed by atoms with Crippen LogP contribution in [0.5, 0.6) is 11.5 Å². The molecule has 3 aliphatic heterocycles. The van der Waals surface area contributed by atoms with Crippen molar-refractivity contribution in [1.82, 2.24) is 9.88 Å². The van der Waals surface area contributed by atoms with Gasteiger partial charge >= 0.3 is 6.09 Å². The molecule has 0 N–H and O–H groups in total. The Morgan fingerprint density at radius 2 is 1.84 bits per heavy atom. The van der Waals surface area contributed by atoms with Gasteiger partial charge in [0.05, 0.1) is 38.0 Å². The van der Waals surface area contributed by atoms with Crippen LogP contribution in [-0.4, -0.2) is 87.1 Å². The number of hydrogen-bond acceptors (Lipinski definition) is 10. The van der Waals surface area contributed by atoms with E-state index in [1.54, 1.807) is 28.2 Å². The van der Waals surface area contributed by atoms with Crippen LogP contribution in [0, 0.1) is 0 Å². The average Bonchev–Trinajstić information content (AvgIpc) is 3.67. The van der Waals surface area contributed by atoms with E-state index in [0.29, 0.717) is 38.6 Å². The predicted octanol–water partition coefficient (Wildman–Crippen LogP) is 5.88. The molecule has 4 aromatic rings. The zero-order valence-electron chi connectivity index (χ0n) is 28.1. The van der Waals surface area contributed by atoms with Crippen LogP contribution < -0.4 is 19.3 Å². The molecular weight excluding hydrogens is 657 g/mol. The van der Waals surface area contributed by atoms with Crippen molar-refractivity contribution in [2.75, 3.05) is 62.8 Å². The number of carbonyl (C=O) groups is 2. The first-order valence-electron chi connectivity index (χ1n) is 17.1. The highest BCUT2D eigenvalue weighted by molar-refractivity contribution is 7.13. The van der Waals surface area contributed by atoms with Crippen molar-refractivity contribution in [3.63, 3.8) is 0 Å². The minimum absolute atomic E-state index is 0.0192. The van der Waals surface area contributed by atoms with E-state index in [-0.39, 0.29) is 43.3 Å². The van der Waals surface area contributed by atoms with E-state index in [1.165, 1.54) is 0 Å². The number of piperidine rings is 1. The topological polar surface area (TPSA) is 103 Å². The summed E-state index contributed by atoms with van der Waals surface area (Å²) >= 11 is 1.64. The molecule has 0 radical (unpaired) electrons. The number of thiazole rings is 1. The summed E-state index contributed by atoms with van der Waals surface area (Å²) in [5, 5.41) is 3.01. The largest absolute Gasteiger partial charge is 0.487 e. The Labute approximate surface area is 296 Å². The quantitative estimate of drug-likeness (QED) is 0.158. The van der Waals surface area contributed by atoms with Crippen molar-refractivity contribution in [2.24, 2.45) is 0 Å². The number of hydrogen-bond donors (Lipinski definition) is 0. The van der Waals surface area contributed by atoms with Crippen LogP contribution in [0.1, 0.15) is 35.4 Å². The zero-order chi connectivity index (χ0) is 34.3. The zero-order valence-corrected chi connectivity index (χ0v) is 29.0. The summed E-state index contributed by atoms with van der Waals surface area (Å²) < 4.78 is 29.5. The number of fused-ring (bicyclic) bond motifs is 1. The van der Waals surface area contributed by atoms with Crippen LogP contribution in [0.3, 0.4) is 0 Å². The highest BCUT2D eigenvalue weighted by Gasteiger charge is 2.35. The highest BCUT2D eigenvalue weighted by atomic mass is 32.1. The van der Waals surface area contributed by atoms with Gasteiger partial charge in [-0.3, -0.25) is 4.79 Å². The van der Waals surface area contributed by atoms with Gasteiger partial charge in [-0.05, 0) is 53.8 Å². The first-order chi connectivity index (χ1) is 24.5. The molecule has 1 aromatic heterocycles. The van der Waals surface area contributed by atoms with Gasteiger partial charge in [-0.2, -0.15) is 0 Å². The van der Waals surface area contributed by atoms with Gasteiger partial charge in [-0.1, -0.05) is 48.5 Å². The summed E-state index contributed by atoms with van der Waals surface area (Å²) in [6.45, 7) is 4.23. The molecular formula is C38H42N4O7S. The number of likely N-dealkylation sites (tertiary alicyclic amines) is 1. The number of anilines is 2. The van der Waals surface area contributed by atoms with Crippen molar-refractivity contribution >= 4 is 34.2 Å². The number of methoxy groups -OCH3 is 1. The predicted molar refractivity (Wildman–Crippen MR) is 190 cm³/mol. The molecule has 2 amide bonds. The van der Waals surface area contributed by atoms with E-state index < -0.39 is 0 Å². The van der Waals surface area contributed by atoms with Crippen LogP contribution in [0.2, 0.25) is 0 Å². The molecule has 0 spiro atoms. The van der Waals surface area contributed by atoms with Gasteiger partial charge in [0.2, 0.25) is 0 Å². The lowest BCUT2D eigenvalue weighted by Gasteiger charge is -2.39. The van der Waals surface area contributed by atoms with E-state index in [9.17, 15) is 9.59 Å². The summed E-state index contributed by atoms with van der Waals surface area (Å²) in [4.78, 5) is 36.1. The second-order valence-electron chi connectivity index (χ2n) is 12.7. The standard InChI is InChI=1S/C38H42N4O7S/c1-45-18-5-16-42-33-20-28(8-13-34(33)47-26-36(42)43)25-46-35-23-40(38(44)48-24-27-6-3-2-4-7-27)17-14-32(35)29-9-11-30(12-10-29)49-31-21-41(22-31)37-39-15-19-50-37/h2-4,6-13,15,19-20,31-32,35H,5,14,16-18,21-26H2,1H3. The maximum atomic E-state index is 13.2. The number of carbonyl (C=O) groups excluding carboxylic acids is 2. The minimum Gasteiger partial charge on any atom is -0.487 e. The molecule has 12 heteroatoms. The summed E-state index contributed by atoms with van der Waals surface area (Å²) in [7, 11) is 1.66. The Bertz CT molecular complexity index is 1720. The normalized spacial score (nSPS) is 19.1. The second kappa shape index (κ2) is 15.9. The lowest BCUT2D eigenvalue weighted by atomic mass is 9.87. The molecule has 3 aliphatic rings. The van der Waals surface area contributed by atoms with Gasteiger partial charge in [0.15, 0.2) is 11.7 Å². The molecule has 262 valence electrons. The van der Waals surface area contributed by atoms with Crippen molar-refractivity contribution in [2.45, 2.75) is 44.2 Å². The van der Waals surface area contributed by atoms with E-state index in [0.717, 1.165) is 59.2 Å². The number of nitrogens with zero attached hydrogens (tertiary/aromatic N) is 4. The maximum Gasteiger partial charge on any atom is 0.410 e. The third kappa shape index (κ3) is 8.04. The summed E-state index contributed by atoms with van der Waals surface area (Å²) in [6, 6.07) is 23.8. The number of amides is 2. The van der Waals surface area contributed by atoms with Crippen LogP contribution in [0.15, 0.2) is 84.4 Å². The monoisotopic (exact) mass is 698 g/mol. The van der Waals surface area contributed by atoms with Crippen LogP contribution in [-0.2, 0) is 32.2 Å². The molecule has 2 saturated heterocycles. The summed E-state index contributed by atoms with van der Waals surface area (Å²) in [5.41, 5.74) is 3.72. The fourth-order valence-corrected chi connectivity index (χ4v) is 7.29. The van der Waals surface area contributed by atoms with Gasteiger partial charge in [0.1, 0.15) is 24.2 Å². The third-order valence-corrected chi connectivity index (χ3v) is 10.2. The van der Waals surface area contributed by atoms with Gasteiger partial charge in [0, 0.05) is 44.3 Å². The number of rotatable bonds is 13. The third-order valence-electron chi connectivity index (χ3n) is 9.33. The smallest absolute Gasteiger partial charge is 0.410 e. The van der Waals surface area contributed by atoms with Crippen molar-refractivity contribution in [3.05, 3.63) is 101 Å². The molecule has 2 unspecified atom stereocenters. The van der Waals surface area contributed by atoms with Gasteiger partial charge in [-0.25, -0.2) is 9.78 Å². The molecule has 2 fully saturated rings. The van der Waals surface area contributed by atoms with Crippen molar-refractivity contribution in [1.29, 1.82) is 0 Å². The Morgan fingerprint density at radius 1 is 1.00 bits per heavy atom. The molecule has 7 rings (SSSR count). The van der Waals surface area contributed by atoms with Crippen LogP contribution in [0.4, 0.5) is 15.6 Å². The number of benzene rings is 3. The van der Waals surface area contributed by atoms with Gasteiger partial charge in [-0.15, -0.1) is 11.3 Å². The minimum atomic E-state index is -0.354. The molecule has 4 heterocycles. The fourth-order valence-electron chi connectivity index (χ4n) is 6.62. The van der Waals surface area contributed by atoms with Gasteiger partial charge < -0.3 is 38.4 Å². The van der Waals surface area contributed by atoms with Crippen molar-refractivity contribution < 1.29 is 33.3 Å². The summed E-state index contributed by atoms with van der Waals surface area (Å²) in [6.07, 6.45) is 2.75. The lowest BCUT2D eigenvalue weighted by Crippen LogP contribution is -2.54. The first kappa shape index (κ1) is 33.8. The Hall–Kier alpha value is -4.65. The van der Waals surface area contributed by atoms with Crippen LogP contribution >= 0.6 is 11.3 Å². The Morgan fingerprint density at radius 3 is 2.62 bits per heavy atom. The maximum absolute atomic E-state index is 13.2. The Kier molecular flexibility index (Phi) is 10.8. The molecule has 2 atom stereocenters. The molecule has 0 saturated carbocycles. The van der Waals surface area contributed by atoms with Gasteiger partial charge in [0.25, 0.3) is 5.91 Å². The lowest BCUT2D eigenvalue weighted by molar-refractivity contribution is -0.121. The van der Waals surface area contributed by atoms with Crippen LogP contribution in [0.25, 0.3) is 0 Å². The molecule has 0 bridgehead atoms. The highest BCUT2D eigenvalue weighted by Crippen LogP contribution is 2.36. The van der Waals surface area contributed by atoms with E-state index in [1.807, 2.05) is 72.2 Å². The first-order valence-corrected chi connectivity index (χ1v) is 18.0. The van der Waals surface area contributed by atoms with E-state index in [4.69, 9.17) is 23.7 Å². The number of aromatic nitrogens is 1. The molecule has 11 nitrogen and oxygen atoms in total. The SMILES string of the molecule is COCCCN1C(=O)COc2ccc(COC3CN(C(=O)OCc4ccccc4)CCC3c3ccc(OC4CN(c5nccs5)C4)cc3)cc21. The van der Waals surface area contributed by atoms with Crippen molar-refractivity contribution in [3.8, 4) is 11.5 Å².